The molecule has 1 aliphatic carbocycles. The van der Waals surface area contributed by atoms with Gasteiger partial charge in [-0.15, -0.1) is 0 Å². The summed E-state index contributed by atoms with van der Waals surface area (Å²) in [6.07, 6.45) is 3.78. The van der Waals surface area contributed by atoms with Crippen LogP contribution in [0.15, 0.2) is 24.3 Å². The Kier molecular flexibility index (Phi) is 4.95. The Hall–Kier alpha value is -1.59. The first kappa shape index (κ1) is 15.3. The van der Waals surface area contributed by atoms with Crippen LogP contribution in [-0.4, -0.2) is 31.3 Å². The summed E-state index contributed by atoms with van der Waals surface area (Å²) in [6, 6.07) is 7.86. The number of amides is 1. The van der Waals surface area contributed by atoms with Crippen molar-refractivity contribution in [2.45, 2.75) is 44.4 Å². The molecule has 3 N–H and O–H groups in total. The normalized spacial score (nSPS) is 24.2. The van der Waals surface area contributed by atoms with Crippen LogP contribution in [0.5, 0.6) is 5.75 Å². The van der Waals surface area contributed by atoms with Gasteiger partial charge in [0.25, 0.3) is 0 Å². The molecule has 0 bridgehead atoms. The van der Waals surface area contributed by atoms with E-state index in [-0.39, 0.29) is 18.1 Å². The molecule has 3 rings (SSSR count). The highest BCUT2D eigenvalue weighted by atomic mass is 16.5. The summed E-state index contributed by atoms with van der Waals surface area (Å²) in [4.78, 5) is 12.1. The molecule has 2 atom stereocenters. The summed E-state index contributed by atoms with van der Waals surface area (Å²) in [5.41, 5.74) is 6.58. The molecule has 1 saturated carbocycles. The molecule has 22 heavy (non-hydrogen) atoms. The third kappa shape index (κ3) is 3.99. The molecule has 1 aliphatic heterocycles. The minimum Gasteiger partial charge on any atom is -0.493 e. The number of nitrogens with one attached hydrogen (secondary N) is 1. The van der Waals surface area contributed by atoms with Crippen molar-refractivity contribution >= 4 is 5.91 Å². The number of carbonyl (C=O) groups is 1. The smallest absolute Gasteiger partial charge is 0.249 e. The van der Waals surface area contributed by atoms with E-state index in [1.54, 1.807) is 0 Å². The fourth-order valence-corrected chi connectivity index (χ4v) is 2.65. The Morgan fingerprint density at radius 2 is 2.09 bits per heavy atom. The number of carbonyl (C=O) groups excluding carboxylic acids is 1. The lowest BCUT2D eigenvalue weighted by molar-refractivity contribution is -0.132. The lowest BCUT2D eigenvalue weighted by atomic mass is 10.1. The quantitative estimate of drug-likeness (QED) is 0.802. The topological polar surface area (TPSA) is 73.6 Å². The Balaban J connectivity index is 1.51. The van der Waals surface area contributed by atoms with Crippen LogP contribution in [0.1, 0.15) is 31.2 Å². The lowest BCUT2D eigenvalue weighted by Gasteiger charge is -2.15. The Bertz CT molecular complexity index is 516. The minimum atomic E-state index is -0.368. The van der Waals surface area contributed by atoms with Crippen molar-refractivity contribution in [3.63, 3.8) is 0 Å². The molecule has 0 spiro atoms. The molecular formula is C17H24N2O3. The summed E-state index contributed by atoms with van der Waals surface area (Å²) in [6.45, 7) is 1.71. The van der Waals surface area contributed by atoms with Crippen LogP contribution in [0.2, 0.25) is 0 Å². The van der Waals surface area contributed by atoms with Crippen LogP contribution < -0.4 is 15.8 Å². The summed E-state index contributed by atoms with van der Waals surface area (Å²) in [7, 11) is 0. The highest BCUT2D eigenvalue weighted by Gasteiger charge is 2.29. The first-order valence-electron chi connectivity index (χ1n) is 8.10. The molecule has 0 aromatic heterocycles. The molecule has 5 heteroatoms. The van der Waals surface area contributed by atoms with E-state index in [0.717, 1.165) is 30.8 Å². The van der Waals surface area contributed by atoms with Crippen LogP contribution in [0.25, 0.3) is 0 Å². The van der Waals surface area contributed by atoms with Gasteiger partial charge in [-0.3, -0.25) is 4.79 Å². The van der Waals surface area contributed by atoms with Crippen LogP contribution >= 0.6 is 0 Å². The van der Waals surface area contributed by atoms with Crippen molar-refractivity contribution in [1.82, 2.24) is 5.32 Å². The second kappa shape index (κ2) is 7.11. The highest BCUT2D eigenvalue weighted by molar-refractivity contribution is 5.81. The van der Waals surface area contributed by atoms with Crippen molar-refractivity contribution < 1.29 is 14.3 Å². The van der Waals surface area contributed by atoms with Gasteiger partial charge in [-0.2, -0.15) is 0 Å². The number of benzene rings is 1. The Labute approximate surface area is 131 Å². The molecule has 1 saturated heterocycles. The van der Waals surface area contributed by atoms with Crippen LogP contribution in [0.4, 0.5) is 0 Å². The van der Waals surface area contributed by atoms with Crippen molar-refractivity contribution in [1.29, 1.82) is 0 Å². The second-order valence-corrected chi connectivity index (χ2v) is 6.14. The zero-order valence-corrected chi connectivity index (χ0v) is 12.8. The van der Waals surface area contributed by atoms with E-state index in [2.05, 4.69) is 5.32 Å². The Morgan fingerprint density at radius 3 is 2.82 bits per heavy atom. The van der Waals surface area contributed by atoms with Gasteiger partial charge >= 0.3 is 0 Å². The van der Waals surface area contributed by atoms with Gasteiger partial charge in [0.05, 0.1) is 12.7 Å². The zero-order valence-electron chi connectivity index (χ0n) is 12.8. The van der Waals surface area contributed by atoms with E-state index < -0.39 is 0 Å². The Morgan fingerprint density at radius 1 is 1.27 bits per heavy atom. The molecule has 2 fully saturated rings. The number of nitrogens with two attached hydrogens (primary N) is 1. The molecule has 120 valence electrons. The predicted molar refractivity (Wildman–Crippen MR) is 83.5 cm³/mol. The summed E-state index contributed by atoms with van der Waals surface area (Å²) in [5, 5.41) is 2.94. The highest BCUT2D eigenvalue weighted by Crippen LogP contribution is 2.30. The first-order valence-corrected chi connectivity index (χ1v) is 8.10. The fraction of sp³-hybridized carbons (Fsp3) is 0.588. The second-order valence-electron chi connectivity index (χ2n) is 6.14. The van der Waals surface area contributed by atoms with Crippen molar-refractivity contribution in [3.8, 4) is 5.75 Å². The van der Waals surface area contributed by atoms with Crippen molar-refractivity contribution in [2.75, 3.05) is 13.2 Å². The largest absolute Gasteiger partial charge is 0.493 e. The van der Waals surface area contributed by atoms with Crippen LogP contribution in [0.3, 0.4) is 0 Å². The zero-order chi connectivity index (χ0) is 15.4. The van der Waals surface area contributed by atoms with Gasteiger partial charge in [-0.1, -0.05) is 18.2 Å². The molecule has 1 heterocycles. The SMILES string of the molecule is NC[C@H]1CC[C@@H](C(=O)NCc2ccccc2OCC2CC2)O1. The van der Waals surface area contributed by atoms with E-state index in [0.29, 0.717) is 19.0 Å². The minimum absolute atomic E-state index is 0.0184. The van der Waals surface area contributed by atoms with Gasteiger partial charge in [-0.05, 0) is 37.7 Å². The molecule has 0 unspecified atom stereocenters. The average molecular weight is 304 g/mol. The van der Waals surface area contributed by atoms with E-state index >= 15 is 0 Å². The van der Waals surface area contributed by atoms with Gasteiger partial charge in [0.15, 0.2) is 0 Å². The summed E-state index contributed by atoms with van der Waals surface area (Å²) < 4.78 is 11.5. The maximum Gasteiger partial charge on any atom is 0.249 e. The number of hydrogen-bond donors (Lipinski definition) is 2. The third-order valence-electron chi connectivity index (χ3n) is 4.26. The number of hydrogen-bond acceptors (Lipinski definition) is 4. The molecular weight excluding hydrogens is 280 g/mol. The first-order chi connectivity index (χ1) is 10.8. The molecule has 2 aliphatic rings. The van der Waals surface area contributed by atoms with Gasteiger partial charge in [0.1, 0.15) is 11.9 Å². The van der Waals surface area contributed by atoms with E-state index in [4.69, 9.17) is 15.2 Å². The fourth-order valence-electron chi connectivity index (χ4n) is 2.65. The summed E-state index contributed by atoms with van der Waals surface area (Å²) >= 11 is 0. The predicted octanol–water partition coefficient (Wildman–Crippen LogP) is 1.60. The van der Waals surface area contributed by atoms with E-state index in [1.165, 1.54) is 12.8 Å². The monoisotopic (exact) mass is 304 g/mol. The molecule has 5 nitrogen and oxygen atoms in total. The standard InChI is InChI=1S/C17H24N2O3/c18-9-14-7-8-16(22-14)17(20)19-10-13-3-1-2-4-15(13)21-11-12-5-6-12/h1-4,12,14,16H,5-11,18H2,(H,19,20)/t14-,16+/m1/s1. The van der Waals surface area contributed by atoms with E-state index in [9.17, 15) is 4.79 Å². The lowest BCUT2D eigenvalue weighted by Crippen LogP contribution is -2.35. The molecule has 1 aromatic rings. The van der Waals surface area contributed by atoms with Gasteiger partial charge < -0.3 is 20.5 Å². The molecule has 1 aromatic carbocycles. The van der Waals surface area contributed by atoms with E-state index in [1.807, 2.05) is 24.3 Å². The summed E-state index contributed by atoms with van der Waals surface area (Å²) in [5.74, 6) is 1.51. The molecule has 0 radical (unpaired) electrons. The van der Waals surface area contributed by atoms with Crippen molar-refractivity contribution in [2.24, 2.45) is 11.7 Å². The van der Waals surface area contributed by atoms with Gasteiger partial charge in [0, 0.05) is 18.7 Å². The molecule has 1 amide bonds. The maximum absolute atomic E-state index is 12.1. The average Bonchev–Trinajstić information content (AvgIpc) is 3.25. The van der Waals surface area contributed by atoms with Crippen LogP contribution in [0, 0.1) is 5.92 Å². The number of ether oxygens (including phenoxy) is 2. The van der Waals surface area contributed by atoms with Crippen molar-refractivity contribution in [3.05, 3.63) is 29.8 Å². The number of rotatable bonds is 7. The number of para-hydroxylation sites is 1. The van der Waals surface area contributed by atoms with Gasteiger partial charge in [0.2, 0.25) is 5.91 Å². The van der Waals surface area contributed by atoms with Crippen LogP contribution in [-0.2, 0) is 16.1 Å². The maximum atomic E-state index is 12.1. The van der Waals surface area contributed by atoms with Gasteiger partial charge in [-0.25, -0.2) is 0 Å². The third-order valence-corrected chi connectivity index (χ3v) is 4.26.